The van der Waals surface area contributed by atoms with Gasteiger partial charge in [0.25, 0.3) is 0 Å². The first-order chi connectivity index (χ1) is 8.13. The van der Waals surface area contributed by atoms with Gasteiger partial charge >= 0.3 is 0 Å². The Bertz CT molecular complexity index is 521. The normalized spacial score (nSPS) is 12.7. The fourth-order valence-corrected chi connectivity index (χ4v) is 1.58. The molecule has 1 atom stereocenters. The van der Waals surface area contributed by atoms with Crippen LogP contribution < -0.4 is 5.73 Å². The fraction of sp³-hybridized carbons (Fsp3) is 0.333. The van der Waals surface area contributed by atoms with Crippen LogP contribution in [0.15, 0.2) is 24.4 Å². The van der Waals surface area contributed by atoms with Crippen molar-refractivity contribution in [2.75, 3.05) is 0 Å². The first-order valence-corrected chi connectivity index (χ1v) is 5.56. The number of benzene rings is 1. The number of rotatable bonds is 3. The van der Waals surface area contributed by atoms with Crippen LogP contribution in [-0.4, -0.2) is 15.0 Å². The molecule has 0 amide bonds. The molecule has 5 heteroatoms. The maximum Gasteiger partial charge on any atom is 0.151 e. The monoisotopic (exact) mass is 234 g/mol. The highest BCUT2D eigenvalue weighted by Gasteiger charge is 2.12. The summed E-state index contributed by atoms with van der Waals surface area (Å²) in [6, 6.07) is 5.01. The van der Waals surface area contributed by atoms with Crippen molar-refractivity contribution in [2.45, 2.75) is 26.3 Å². The van der Waals surface area contributed by atoms with E-state index in [2.05, 4.69) is 10.3 Å². The number of nitrogens with zero attached hydrogens (tertiary/aromatic N) is 3. The van der Waals surface area contributed by atoms with Gasteiger partial charge in [-0.1, -0.05) is 24.3 Å². The van der Waals surface area contributed by atoms with E-state index in [0.29, 0.717) is 16.9 Å². The first kappa shape index (κ1) is 11.7. The Morgan fingerprint density at radius 3 is 2.94 bits per heavy atom. The molecule has 0 aliphatic heterocycles. The van der Waals surface area contributed by atoms with Crippen LogP contribution in [0.3, 0.4) is 0 Å². The standard InChI is InChI=1S/C12H15FN4/c1-3-9(14)10-7-17(16-15-10)11-6-4-5-8(2)12(11)13/h4-7,9H,3,14H2,1-2H3. The summed E-state index contributed by atoms with van der Waals surface area (Å²) in [5.41, 5.74) is 7.50. The molecular formula is C12H15FN4. The van der Waals surface area contributed by atoms with Crippen LogP contribution in [0, 0.1) is 12.7 Å². The van der Waals surface area contributed by atoms with E-state index in [1.807, 2.05) is 6.92 Å². The van der Waals surface area contributed by atoms with E-state index in [-0.39, 0.29) is 11.9 Å². The summed E-state index contributed by atoms with van der Waals surface area (Å²) in [5.74, 6) is -0.283. The van der Waals surface area contributed by atoms with Crippen LogP contribution in [0.1, 0.15) is 30.6 Å². The van der Waals surface area contributed by atoms with Crippen LogP contribution >= 0.6 is 0 Å². The molecule has 0 saturated heterocycles. The molecule has 17 heavy (non-hydrogen) atoms. The summed E-state index contributed by atoms with van der Waals surface area (Å²) < 4.78 is 15.3. The lowest BCUT2D eigenvalue weighted by molar-refractivity contribution is 0.598. The van der Waals surface area contributed by atoms with Crippen molar-refractivity contribution in [3.05, 3.63) is 41.5 Å². The third kappa shape index (κ3) is 2.19. The van der Waals surface area contributed by atoms with Crippen molar-refractivity contribution >= 4 is 0 Å². The maximum absolute atomic E-state index is 13.9. The van der Waals surface area contributed by atoms with Crippen LogP contribution in [0.25, 0.3) is 5.69 Å². The molecular weight excluding hydrogens is 219 g/mol. The Morgan fingerprint density at radius 2 is 2.24 bits per heavy atom. The number of nitrogens with two attached hydrogens (primary N) is 1. The fourth-order valence-electron chi connectivity index (χ4n) is 1.58. The van der Waals surface area contributed by atoms with Gasteiger partial charge in [0.15, 0.2) is 5.82 Å². The quantitative estimate of drug-likeness (QED) is 0.885. The molecule has 1 aromatic heterocycles. The van der Waals surface area contributed by atoms with E-state index < -0.39 is 0 Å². The van der Waals surface area contributed by atoms with E-state index in [1.54, 1.807) is 31.3 Å². The van der Waals surface area contributed by atoms with Gasteiger partial charge in [0.2, 0.25) is 0 Å². The number of hydrogen-bond acceptors (Lipinski definition) is 3. The van der Waals surface area contributed by atoms with Crippen LogP contribution in [0.4, 0.5) is 4.39 Å². The molecule has 0 spiro atoms. The van der Waals surface area contributed by atoms with Gasteiger partial charge in [-0.05, 0) is 25.0 Å². The zero-order chi connectivity index (χ0) is 12.4. The highest BCUT2D eigenvalue weighted by molar-refractivity contribution is 5.36. The molecule has 4 nitrogen and oxygen atoms in total. The van der Waals surface area contributed by atoms with E-state index in [0.717, 1.165) is 6.42 Å². The van der Waals surface area contributed by atoms with Gasteiger partial charge < -0.3 is 5.73 Å². The summed E-state index contributed by atoms with van der Waals surface area (Å²) in [6.07, 6.45) is 2.45. The highest BCUT2D eigenvalue weighted by atomic mass is 19.1. The van der Waals surface area contributed by atoms with Crippen molar-refractivity contribution in [2.24, 2.45) is 5.73 Å². The summed E-state index contributed by atoms with van der Waals surface area (Å²) in [5, 5.41) is 7.86. The van der Waals surface area contributed by atoms with Gasteiger partial charge in [0.05, 0.1) is 17.9 Å². The lowest BCUT2D eigenvalue weighted by Crippen LogP contribution is -2.08. The number of aromatic nitrogens is 3. The largest absolute Gasteiger partial charge is 0.323 e. The van der Waals surface area contributed by atoms with Gasteiger partial charge in [-0.2, -0.15) is 0 Å². The van der Waals surface area contributed by atoms with Crippen molar-refractivity contribution in [1.82, 2.24) is 15.0 Å². The van der Waals surface area contributed by atoms with Gasteiger partial charge in [-0.3, -0.25) is 0 Å². The summed E-state index contributed by atoms with van der Waals surface area (Å²) in [4.78, 5) is 0. The first-order valence-electron chi connectivity index (χ1n) is 5.56. The van der Waals surface area contributed by atoms with E-state index in [1.165, 1.54) is 4.68 Å². The predicted octanol–water partition coefficient (Wildman–Crippen LogP) is 2.12. The van der Waals surface area contributed by atoms with E-state index >= 15 is 0 Å². The minimum absolute atomic E-state index is 0.156. The van der Waals surface area contributed by atoms with Crippen LogP contribution in [0.2, 0.25) is 0 Å². The topological polar surface area (TPSA) is 56.7 Å². The number of hydrogen-bond donors (Lipinski definition) is 1. The molecule has 1 unspecified atom stereocenters. The van der Waals surface area contributed by atoms with Crippen molar-refractivity contribution < 1.29 is 4.39 Å². The van der Waals surface area contributed by atoms with Gasteiger partial charge in [-0.15, -0.1) is 5.10 Å². The molecule has 1 heterocycles. The van der Waals surface area contributed by atoms with E-state index in [4.69, 9.17) is 5.73 Å². The molecule has 0 aliphatic carbocycles. The SMILES string of the molecule is CCC(N)c1cn(-c2cccc(C)c2F)nn1. The molecule has 0 saturated carbocycles. The molecule has 0 fully saturated rings. The molecule has 2 aromatic rings. The number of halogens is 1. The average Bonchev–Trinajstić information content (AvgIpc) is 2.81. The van der Waals surface area contributed by atoms with Crippen molar-refractivity contribution in [3.63, 3.8) is 0 Å². The lowest BCUT2D eigenvalue weighted by atomic mass is 10.2. The van der Waals surface area contributed by atoms with Crippen molar-refractivity contribution in [1.29, 1.82) is 0 Å². The second-order valence-electron chi connectivity index (χ2n) is 4.01. The lowest BCUT2D eigenvalue weighted by Gasteiger charge is -2.04. The third-order valence-corrected chi connectivity index (χ3v) is 2.75. The van der Waals surface area contributed by atoms with Gasteiger partial charge in [-0.25, -0.2) is 9.07 Å². The minimum atomic E-state index is -0.283. The van der Waals surface area contributed by atoms with Crippen molar-refractivity contribution in [3.8, 4) is 5.69 Å². The Hall–Kier alpha value is -1.75. The Labute approximate surface area is 99.2 Å². The molecule has 2 rings (SSSR count). The maximum atomic E-state index is 13.9. The zero-order valence-electron chi connectivity index (χ0n) is 9.89. The van der Waals surface area contributed by atoms with Gasteiger partial charge in [0.1, 0.15) is 5.69 Å². The predicted molar refractivity (Wildman–Crippen MR) is 63.3 cm³/mol. The summed E-state index contributed by atoms with van der Waals surface area (Å²) in [6.45, 7) is 3.69. The molecule has 2 N–H and O–H groups in total. The summed E-state index contributed by atoms with van der Waals surface area (Å²) >= 11 is 0. The Kier molecular flexibility index (Phi) is 3.19. The molecule has 90 valence electrons. The highest BCUT2D eigenvalue weighted by Crippen LogP contribution is 2.17. The second kappa shape index (κ2) is 4.63. The molecule has 0 aliphatic rings. The van der Waals surface area contributed by atoms with Crippen LogP contribution in [0.5, 0.6) is 0 Å². The minimum Gasteiger partial charge on any atom is -0.323 e. The average molecular weight is 234 g/mol. The molecule has 0 bridgehead atoms. The number of aryl methyl sites for hydroxylation is 1. The van der Waals surface area contributed by atoms with Crippen LogP contribution in [-0.2, 0) is 0 Å². The van der Waals surface area contributed by atoms with Gasteiger partial charge in [0, 0.05) is 0 Å². The third-order valence-electron chi connectivity index (χ3n) is 2.75. The second-order valence-corrected chi connectivity index (χ2v) is 4.01. The smallest absolute Gasteiger partial charge is 0.151 e. The molecule has 1 aromatic carbocycles. The Balaban J connectivity index is 2.40. The Morgan fingerprint density at radius 1 is 1.47 bits per heavy atom. The zero-order valence-corrected chi connectivity index (χ0v) is 9.89. The summed E-state index contributed by atoms with van der Waals surface area (Å²) in [7, 11) is 0. The van der Waals surface area contributed by atoms with E-state index in [9.17, 15) is 4.39 Å². The molecule has 0 radical (unpaired) electrons.